The second-order valence-corrected chi connectivity index (χ2v) is 6.27. The quantitative estimate of drug-likeness (QED) is 0.843. The lowest BCUT2D eigenvalue weighted by atomic mass is 9.99. The van der Waals surface area contributed by atoms with Crippen molar-refractivity contribution in [3.8, 4) is 11.5 Å². The lowest BCUT2D eigenvalue weighted by Crippen LogP contribution is -2.42. The number of aliphatic hydroxyl groups is 1. The fraction of sp³-hybridized carbons (Fsp3) is 0.600. The van der Waals surface area contributed by atoms with Crippen molar-refractivity contribution in [2.24, 2.45) is 0 Å². The average molecular weight is 297 g/mol. The molecule has 1 aromatic rings. The topological polar surface area (TPSA) is 50.7 Å². The van der Waals surface area contributed by atoms with E-state index < -0.39 is 5.60 Å². The lowest BCUT2D eigenvalue weighted by molar-refractivity contribution is 0.0788. The number of benzene rings is 1. The first-order valence-corrected chi connectivity index (χ1v) is 8.20. The number of methoxy groups -OCH3 is 1. The maximum absolute atomic E-state index is 10.3. The Kier molecular flexibility index (Phi) is 5.18. The van der Waals surface area contributed by atoms with Gasteiger partial charge in [0.15, 0.2) is 0 Å². The van der Waals surface area contributed by atoms with Crippen LogP contribution in [0.2, 0.25) is 0 Å². The Bertz CT molecular complexity index is 451. The molecule has 0 saturated heterocycles. The Hall–Kier alpha value is -0.910. The summed E-state index contributed by atoms with van der Waals surface area (Å²) in [6.45, 7) is 3.12. The van der Waals surface area contributed by atoms with Gasteiger partial charge in [-0.1, -0.05) is 0 Å². The lowest BCUT2D eigenvalue weighted by Gasteiger charge is -2.30. The monoisotopic (exact) mass is 297 g/mol. The van der Waals surface area contributed by atoms with Gasteiger partial charge in [-0.3, -0.25) is 0 Å². The van der Waals surface area contributed by atoms with Crippen molar-refractivity contribution in [2.45, 2.75) is 25.0 Å². The van der Waals surface area contributed by atoms with Gasteiger partial charge < -0.3 is 19.9 Å². The third-order valence-electron chi connectivity index (χ3n) is 3.44. The van der Waals surface area contributed by atoms with Crippen LogP contribution in [0.25, 0.3) is 0 Å². The molecule has 5 heteroatoms. The van der Waals surface area contributed by atoms with E-state index in [-0.39, 0.29) is 6.04 Å². The second-order valence-electron chi connectivity index (χ2n) is 5.40. The van der Waals surface area contributed by atoms with Crippen molar-refractivity contribution in [3.63, 3.8) is 0 Å². The molecule has 1 aliphatic heterocycles. The van der Waals surface area contributed by atoms with E-state index in [1.54, 1.807) is 18.9 Å². The number of nitrogens with one attached hydrogen (secondary N) is 1. The van der Waals surface area contributed by atoms with Crippen molar-refractivity contribution >= 4 is 11.8 Å². The molecule has 0 amide bonds. The Balaban J connectivity index is 2.08. The maximum atomic E-state index is 10.3. The molecule has 0 aromatic heterocycles. The third-order valence-corrected chi connectivity index (χ3v) is 4.35. The number of ether oxygens (including phenoxy) is 2. The highest BCUT2D eigenvalue weighted by Crippen LogP contribution is 2.34. The van der Waals surface area contributed by atoms with Crippen LogP contribution in [0.5, 0.6) is 11.5 Å². The summed E-state index contributed by atoms with van der Waals surface area (Å²) in [4.78, 5) is 0. The van der Waals surface area contributed by atoms with Crippen molar-refractivity contribution in [1.29, 1.82) is 0 Å². The number of thioether (sulfide) groups is 1. The van der Waals surface area contributed by atoms with Gasteiger partial charge in [0, 0.05) is 30.3 Å². The van der Waals surface area contributed by atoms with Crippen LogP contribution in [-0.2, 0) is 0 Å². The Morgan fingerprint density at radius 1 is 1.55 bits per heavy atom. The van der Waals surface area contributed by atoms with Crippen molar-refractivity contribution < 1.29 is 14.6 Å². The van der Waals surface area contributed by atoms with Crippen molar-refractivity contribution in [3.05, 3.63) is 23.8 Å². The van der Waals surface area contributed by atoms with Crippen LogP contribution in [0, 0.1) is 0 Å². The molecule has 0 saturated carbocycles. The van der Waals surface area contributed by atoms with Gasteiger partial charge in [0.05, 0.1) is 19.3 Å². The standard InChI is InChI=1S/C15H23NO3S/c1-15(17,10-20-3)9-16-13-6-7-19-14-5-4-11(18-2)8-12(13)14/h4-5,8,13,16-17H,6-7,9-10H2,1-3H3. The Morgan fingerprint density at radius 3 is 3.05 bits per heavy atom. The number of hydrogen-bond acceptors (Lipinski definition) is 5. The third kappa shape index (κ3) is 3.81. The van der Waals surface area contributed by atoms with Gasteiger partial charge in [0.2, 0.25) is 0 Å². The summed E-state index contributed by atoms with van der Waals surface area (Å²) in [7, 11) is 1.66. The zero-order valence-corrected chi connectivity index (χ0v) is 13.1. The highest BCUT2D eigenvalue weighted by molar-refractivity contribution is 7.98. The summed E-state index contributed by atoms with van der Waals surface area (Å²) in [6, 6.07) is 6.06. The predicted molar refractivity (Wildman–Crippen MR) is 82.9 cm³/mol. The molecule has 1 heterocycles. The van der Waals surface area contributed by atoms with E-state index in [1.165, 1.54) is 0 Å². The Labute approximate surface area is 124 Å². The summed E-state index contributed by atoms with van der Waals surface area (Å²) < 4.78 is 10.9. The van der Waals surface area contributed by atoms with Gasteiger partial charge >= 0.3 is 0 Å². The highest BCUT2D eigenvalue weighted by Gasteiger charge is 2.26. The van der Waals surface area contributed by atoms with Crippen LogP contribution in [-0.4, -0.2) is 43.0 Å². The zero-order valence-electron chi connectivity index (χ0n) is 12.3. The van der Waals surface area contributed by atoms with E-state index in [0.29, 0.717) is 18.9 Å². The minimum absolute atomic E-state index is 0.196. The van der Waals surface area contributed by atoms with Crippen LogP contribution in [0.1, 0.15) is 24.9 Å². The second kappa shape index (κ2) is 6.70. The molecular weight excluding hydrogens is 274 g/mol. The summed E-state index contributed by atoms with van der Waals surface area (Å²) in [5.41, 5.74) is 0.409. The van der Waals surface area contributed by atoms with E-state index in [0.717, 1.165) is 23.5 Å². The number of rotatable bonds is 6. The van der Waals surface area contributed by atoms with Crippen LogP contribution in [0.15, 0.2) is 18.2 Å². The maximum Gasteiger partial charge on any atom is 0.124 e. The van der Waals surface area contributed by atoms with Gasteiger partial charge in [0.1, 0.15) is 11.5 Å². The van der Waals surface area contributed by atoms with E-state index in [2.05, 4.69) is 5.32 Å². The van der Waals surface area contributed by atoms with E-state index >= 15 is 0 Å². The molecule has 2 atom stereocenters. The smallest absolute Gasteiger partial charge is 0.124 e. The molecule has 2 rings (SSSR count). The molecule has 112 valence electrons. The molecule has 0 bridgehead atoms. The summed E-state index contributed by atoms with van der Waals surface area (Å²) in [5, 5.41) is 13.7. The van der Waals surface area contributed by atoms with E-state index in [9.17, 15) is 5.11 Å². The molecule has 0 radical (unpaired) electrons. The summed E-state index contributed by atoms with van der Waals surface area (Å²) >= 11 is 1.65. The molecule has 0 spiro atoms. The molecule has 0 aliphatic carbocycles. The normalized spacial score (nSPS) is 20.7. The highest BCUT2D eigenvalue weighted by atomic mass is 32.2. The van der Waals surface area contributed by atoms with Crippen LogP contribution in [0.3, 0.4) is 0 Å². The molecule has 2 unspecified atom stereocenters. The van der Waals surface area contributed by atoms with E-state index in [1.807, 2.05) is 31.4 Å². The first kappa shape index (κ1) is 15.5. The van der Waals surface area contributed by atoms with Crippen molar-refractivity contribution in [2.75, 3.05) is 32.3 Å². The van der Waals surface area contributed by atoms with Gasteiger partial charge in [-0.15, -0.1) is 0 Å². The number of fused-ring (bicyclic) bond motifs is 1. The fourth-order valence-electron chi connectivity index (χ4n) is 2.42. The molecule has 4 nitrogen and oxygen atoms in total. The molecule has 2 N–H and O–H groups in total. The van der Waals surface area contributed by atoms with Crippen LogP contribution < -0.4 is 14.8 Å². The molecule has 20 heavy (non-hydrogen) atoms. The first-order valence-electron chi connectivity index (χ1n) is 6.81. The fourth-order valence-corrected chi connectivity index (χ4v) is 3.14. The summed E-state index contributed by atoms with van der Waals surface area (Å²) in [5.74, 6) is 2.45. The molecule has 0 fully saturated rings. The largest absolute Gasteiger partial charge is 0.497 e. The van der Waals surface area contributed by atoms with Gasteiger partial charge in [-0.05, 0) is 31.4 Å². The van der Waals surface area contributed by atoms with Gasteiger partial charge in [-0.2, -0.15) is 11.8 Å². The zero-order chi connectivity index (χ0) is 14.6. The van der Waals surface area contributed by atoms with Gasteiger partial charge in [-0.25, -0.2) is 0 Å². The van der Waals surface area contributed by atoms with Crippen LogP contribution >= 0.6 is 11.8 Å². The minimum atomic E-state index is -0.698. The average Bonchev–Trinajstić information content (AvgIpc) is 2.44. The molecular formula is C15H23NO3S. The van der Waals surface area contributed by atoms with Crippen LogP contribution in [0.4, 0.5) is 0 Å². The predicted octanol–water partition coefficient (Wildman–Crippen LogP) is 2.22. The SMILES string of the molecule is COc1ccc2c(c1)C(NCC(C)(O)CSC)CCO2. The molecule has 1 aromatic carbocycles. The Morgan fingerprint density at radius 2 is 2.35 bits per heavy atom. The number of hydrogen-bond donors (Lipinski definition) is 2. The summed E-state index contributed by atoms with van der Waals surface area (Å²) in [6.07, 6.45) is 2.90. The molecule has 1 aliphatic rings. The minimum Gasteiger partial charge on any atom is -0.497 e. The van der Waals surface area contributed by atoms with Gasteiger partial charge in [0.25, 0.3) is 0 Å². The first-order chi connectivity index (χ1) is 9.55. The van der Waals surface area contributed by atoms with Crippen molar-refractivity contribution in [1.82, 2.24) is 5.32 Å². The van der Waals surface area contributed by atoms with E-state index in [4.69, 9.17) is 9.47 Å².